The van der Waals surface area contributed by atoms with Crippen LogP contribution in [0.15, 0.2) is 36.4 Å². The van der Waals surface area contributed by atoms with Gasteiger partial charge >= 0.3 is 0 Å². The van der Waals surface area contributed by atoms with Gasteiger partial charge in [0.05, 0.1) is 0 Å². The highest BCUT2D eigenvalue weighted by atomic mass is 14.7. The van der Waals surface area contributed by atoms with Crippen molar-refractivity contribution in [2.75, 3.05) is 0 Å². The number of benzene rings is 2. The summed E-state index contributed by atoms with van der Waals surface area (Å²) < 4.78 is 0. The molecule has 4 bridgehead atoms. The molecule has 0 fully saturated rings. The molecule has 106 valence electrons. The topological polar surface area (TPSA) is 15.8 Å². The molecular formula is C20H21N. The lowest BCUT2D eigenvalue weighted by atomic mass is 9.93. The summed E-state index contributed by atoms with van der Waals surface area (Å²) >= 11 is 0. The van der Waals surface area contributed by atoms with Gasteiger partial charge in [0.2, 0.25) is 0 Å². The summed E-state index contributed by atoms with van der Waals surface area (Å²) in [5, 5.41) is 1.47. The molecule has 2 aromatic carbocycles. The van der Waals surface area contributed by atoms with Crippen LogP contribution in [0, 0.1) is 13.8 Å². The number of aryl methyl sites for hydroxylation is 6. The highest BCUT2D eigenvalue weighted by Crippen LogP contribution is 2.30. The molecule has 3 aromatic rings. The van der Waals surface area contributed by atoms with Gasteiger partial charge in [-0.1, -0.05) is 36.4 Å². The summed E-state index contributed by atoms with van der Waals surface area (Å²) in [5.74, 6) is 0. The molecule has 1 nitrogen and oxygen atoms in total. The third-order valence-electron chi connectivity index (χ3n) is 5.02. The minimum Gasteiger partial charge on any atom is -0.358 e. The highest BCUT2D eigenvalue weighted by molar-refractivity contribution is 5.90. The van der Waals surface area contributed by atoms with E-state index in [2.05, 4.69) is 55.2 Å². The Morgan fingerprint density at radius 3 is 1.95 bits per heavy atom. The minimum absolute atomic E-state index is 1.11. The molecule has 0 atom stereocenters. The van der Waals surface area contributed by atoms with E-state index in [9.17, 15) is 0 Å². The van der Waals surface area contributed by atoms with E-state index < -0.39 is 0 Å². The van der Waals surface area contributed by atoms with Crippen LogP contribution in [0.5, 0.6) is 0 Å². The third-order valence-corrected chi connectivity index (χ3v) is 5.02. The third kappa shape index (κ3) is 2.08. The zero-order chi connectivity index (χ0) is 14.4. The molecule has 0 aliphatic heterocycles. The van der Waals surface area contributed by atoms with E-state index in [4.69, 9.17) is 0 Å². The van der Waals surface area contributed by atoms with Crippen LogP contribution in [0.2, 0.25) is 0 Å². The molecule has 21 heavy (non-hydrogen) atoms. The molecular weight excluding hydrogens is 254 g/mol. The maximum absolute atomic E-state index is 3.63. The van der Waals surface area contributed by atoms with Crippen molar-refractivity contribution in [2.24, 2.45) is 0 Å². The Kier molecular flexibility index (Phi) is 2.88. The Morgan fingerprint density at radius 1 is 0.714 bits per heavy atom. The molecule has 7 rings (SSSR count). The van der Waals surface area contributed by atoms with Crippen LogP contribution in [-0.2, 0) is 25.7 Å². The van der Waals surface area contributed by atoms with E-state index in [-0.39, 0.29) is 0 Å². The molecule has 4 aliphatic carbocycles. The summed E-state index contributed by atoms with van der Waals surface area (Å²) in [6.45, 7) is 4.44. The molecule has 0 saturated carbocycles. The molecule has 0 radical (unpaired) electrons. The number of hydrogen-bond acceptors (Lipinski definition) is 0. The Balaban J connectivity index is 1.93. The van der Waals surface area contributed by atoms with Crippen LogP contribution in [0.25, 0.3) is 10.9 Å². The highest BCUT2D eigenvalue weighted by Gasteiger charge is 2.14. The van der Waals surface area contributed by atoms with Crippen molar-refractivity contribution in [3.63, 3.8) is 0 Å². The lowest BCUT2D eigenvalue weighted by Gasteiger charge is -2.12. The Hall–Kier alpha value is -2.02. The van der Waals surface area contributed by atoms with E-state index >= 15 is 0 Å². The lowest BCUT2D eigenvalue weighted by Crippen LogP contribution is -1.99. The molecule has 0 saturated heterocycles. The van der Waals surface area contributed by atoms with Gasteiger partial charge in [0.15, 0.2) is 0 Å². The monoisotopic (exact) mass is 275 g/mol. The van der Waals surface area contributed by atoms with Gasteiger partial charge in [-0.05, 0) is 67.3 Å². The van der Waals surface area contributed by atoms with Gasteiger partial charge in [-0.25, -0.2) is 0 Å². The largest absolute Gasteiger partial charge is 0.358 e. The van der Waals surface area contributed by atoms with E-state index in [0.29, 0.717) is 0 Å². The second-order valence-electron chi connectivity index (χ2n) is 6.33. The van der Waals surface area contributed by atoms with Crippen LogP contribution < -0.4 is 0 Å². The molecule has 1 aromatic heterocycles. The quantitative estimate of drug-likeness (QED) is 0.613. The average molecular weight is 275 g/mol. The SMILES string of the molecule is Cc1[nH]c2c3ccc(c2c1C)CCc1ccc(cc1)CC3. The standard InChI is InChI=1S/C20H21N/c1-13-14(2)21-20-18-10-8-16-5-3-15(4-6-16)7-9-17(11-12-18)19(13)20/h3-6,11-12,21H,7-10H2,1-2H3. The van der Waals surface area contributed by atoms with Gasteiger partial charge in [-0.15, -0.1) is 0 Å². The zero-order valence-corrected chi connectivity index (χ0v) is 12.8. The van der Waals surface area contributed by atoms with Gasteiger partial charge in [-0.3, -0.25) is 0 Å². The van der Waals surface area contributed by atoms with Gasteiger partial charge in [0.1, 0.15) is 0 Å². The Labute approximate surface area is 126 Å². The zero-order valence-electron chi connectivity index (χ0n) is 12.8. The first-order valence-electron chi connectivity index (χ1n) is 7.90. The van der Waals surface area contributed by atoms with Crippen molar-refractivity contribution in [3.8, 4) is 0 Å². The van der Waals surface area contributed by atoms with Crippen LogP contribution in [0.1, 0.15) is 33.5 Å². The predicted molar refractivity (Wildman–Crippen MR) is 89.0 cm³/mol. The molecule has 0 amide bonds. The molecule has 0 unspecified atom stereocenters. The summed E-state index contributed by atoms with van der Waals surface area (Å²) in [4.78, 5) is 3.63. The van der Waals surface area contributed by atoms with Crippen molar-refractivity contribution in [3.05, 3.63) is 69.9 Å². The fourth-order valence-corrected chi connectivity index (χ4v) is 3.58. The van der Waals surface area contributed by atoms with E-state index in [1.807, 2.05) is 0 Å². The first kappa shape index (κ1) is 12.7. The second-order valence-corrected chi connectivity index (χ2v) is 6.33. The number of aromatic amines is 1. The van der Waals surface area contributed by atoms with Crippen LogP contribution in [0.4, 0.5) is 0 Å². The molecule has 0 spiro atoms. The fourth-order valence-electron chi connectivity index (χ4n) is 3.58. The first-order valence-corrected chi connectivity index (χ1v) is 7.90. The fraction of sp³-hybridized carbons (Fsp3) is 0.300. The number of aromatic nitrogens is 1. The molecule has 1 N–H and O–H groups in total. The summed E-state index contributed by atoms with van der Waals surface area (Å²) in [7, 11) is 0. The van der Waals surface area contributed by atoms with Crippen LogP contribution in [-0.4, -0.2) is 4.98 Å². The van der Waals surface area contributed by atoms with Crippen molar-refractivity contribution in [1.29, 1.82) is 0 Å². The molecule has 4 aliphatic rings. The van der Waals surface area contributed by atoms with E-state index in [1.54, 1.807) is 0 Å². The van der Waals surface area contributed by atoms with Crippen molar-refractivity contribution in [2.45, 2.75) is 39.5 Å². The van der Waals surface area contributed by atoms with Gasteiger partial charge in [-0.2, -0.15) is 0 Å². The molecule has 1 heterocycles. The van der Waals surface area contributed by atoms with Crippen LogP contribution in [0.3, 0.4) is 0 Å². The van der Waals surface area contributed by atoms with Gasteiger partial charge in [0.25, 0.3) is 0 Å². The number of hydrogen-bond donors (Lipinski definition) is 1. The number of rotatable bonds is 0. The Morgan fingerprint density at radius 2 is 1.29 bits per heavy atom. The van der Waals surface area contributed by atoms with Crippen LogP contribution >= 0.6 is 0 Å². The second kappa shape index (κ2) is 4.77. The normalized spacial score (nSPS) is 14.4. The van der Waals surface area contributed by atoms with E-state index in [1.165, 1.54) is 44.4 Å². The first-order chi connectivity index (χ1) is 10.2. The average Bonchev–Trinajstić information content (AvgIpc) is 2.78. The van der Waals surface area contributed by atoms with Crippen molar-refractivity contribution in [1.82, 2.24) is 4.98 Å². The summed E-state index contributed by atoms with van der Waals surface area (Å²) in [5.41, 5.74) is 9.94. The maximum Gasteiger partial charge on any atom is 0.0494 e. The van der Waals surface area contributed by atoms with Gasteiger partial charge < -0.3 is 4.98 Å². The summed E-state index contributed by atoms with van der Waals surface area (Å²) in [6.07, 6.45) is 4.47. The minimum atomic E-state index is 1.11. The summed E-state index contributed by atoms with van der Waals surface area (Å²) in [6, 6.07) is 13.9. The Bertz CT molecular complexity index is 806. The molecule has 1 heteroatoms. The number of nitrogens with one attached hydrogen (secondary N) is 1. The van der Waals surface area contributed by atoms with Gasteiger partial charge in [0, 0.05) is 16.6 Å². The lowest BCUT2D eigenvalue weighted by molar-refractivity contribution is 0.932. The predicted octanol–water partition coefficient (Wildman–Crippen LogP) is 4.67. The van der Waals surface area contributed by atoms with Crippen molar-refractivity contribution < 1.29 is 0 Å². The number of H-pyrrole nitrogens is 1. The van der Waals surface area contributed by atoms with Crippen molar-refractivity contribution >= 4 is 10.9 Å². The smallest absolute Gasteiger partial charge is 0.0494 e. The maximum atomic E-state index is 3.63. The van der Waals surface area contributed by atoms with E-state index in [0.717, 1.165) is 25.7 Å².